The Bertz CT molecular complexity index is 1330. The number of aromatic nitrogens is 3. The molecule has 1 amide bonds. The van der Waals surface area contributed by atoms with E-state index in [1.807, 2.05) is 53.1 Å². The van der Waals surface area contributed by atoms with Crippen molar-refractivity contribution in [3.05, 3.63) is 95.0 Å². The van der Waals surface area contributed by atoms with Crippen LogP contribution in [0.3, 0.4) is 0 Å². The number of hydrogen-bond acceptors (Lipinski definition) is 5. The largest absolute Gasteiger partial charge is 0.272 e. The van der Waals surface area contributed by atoms with Gasteiger partial charge in [0.05, 0.1) is 12.0 Å². The van der Waals surface area contributed by atoms with Crippen molar-refractivity contribution in [2.24, 2.45) is 5.10 Å². The summed E-state index contributed by atoms with van der Waals surface area (Å²) in [6.07, 6.45) is 1.52. The molecule has 1 heterocycles. The van der Waals surface area contributed by atoms with Crippen molar-refractivity contribution in [2.75, 3.05) is 5.75 Å². The molecule has 0 atom stereocenters. The van der Waals surface area contributed by atoms with E-state index in [4.69, 9.17) is 11.6 Å². The van der Waals surface area contributed by atoms with Gasteiger partial charge in [-0.15, -0.1) is 10.2 Å². The first-order chi connectivity index (χ1) is 16.8. The lowest BCUT2D eigenvalue weighted by atomic mass is 9.87. The highest BCUT2D eigenvalue weighted by Gasteiger charge is 2.19. The van der Waals surface area contributed by atoms with Gasteiger partial charge in [-0.25, -0.2) is 5.43 Å². The molecule has 0 saturated heterocycles. The number of hydrogen-bond donors (Lipinski definition) is 1. The second kappa shape index (κ2) is 10.9. The fourth-order valence-corrected chi connectivity index (χ4v) is 4.32. The minimum absolute atomic E-state index is 0.0638. The van der Waals surface area contributed by atoms with Crippen LogP contribution in [0.1, 0.15) is 31.9 Å². The third kappa shape index (κ3) is 6.18. The fourth-order valence-electron chi connectivity index (χ4n) is 3.40. The SMILES string of the molecule is CC(C)(C)c1ccc(-c2nnc(SCC(=O)N/N=C/c3ccccc3Cl)n2-c2ccccc2)cc1. The summed E-state index contributed by atoms with van der Waals surface area (Å²) in [6.45, 7) is 6.56. The average molecular weight is 504 g/mol. The molecule has 0 aliphatic heterocycles. The number of para-hydroxylation sites is 1. The molecule has 0 aliphatic carbocycles. The minimum atomic E-state index is -0.253. The minimum Gasteiger partial charge on any atom is -0.272 e. The monoisotopic (exact) mass is 503 g/mol. The first-order valence-electron chi connectivity index (χ1n) is 11.1. The number of thioether (sulfide) groups is 1. The third-order valence-corrected chi connectivity index (χ3v) is 6.56. The molecule has 0 aliphatic rings. The molecule has 0 radical (unpaired) electrons. The van der Waals surface area contributed by atoms with Crippen LogP contribution in [0.5, 0.6) is 0 Å². The van der Waals surface area contributed by atoms with Crippen LogP contribution in [0, 0.1) is 0 Å². The Balaban J connectivity index is 1.53. The van der Waals surface area contributed by atoms with Gasteiger partial charge in [-0.2, -0.15) is 5.10 Å². The molecule has 3 aromatic carbocycles. The van der Waals surface area contributed by atoms with Crippen molar-refractivity contribution < 1.29 is 4.79 Å². The van der Waals surface area contributed by atoms with Crippen molar-refractivity contribution in [3.63, 3.8) is 0 Å². The lowest BCUT2D eigenvalue weighted by Crippen LogP contribution is -2.20. The maximum absolute atomic E-state index is 12.4. The number of nitrogens with one attached hydrogen (secondary N) is 1. The van der Waals surface area contributed by atoms with Crippen LogP contribution in [0.15, 0.2) is 89.1 Å². The average Bonchev–Trinajstić information content (AvgIpc) is 3.28. The van der Waals surface area contributed by atoms with E-state index >= 15 is 0 Å². The first-order valence-corrected chi connectivity index (χ1v) is 12.5. The van der Waals surface area contributed by atoms with Crippen LogP contribution in [0.25, 0.3) is 17.1 Å². The van der Waals surface area contributed by atoms with Gasteiger partial charge in [-0.3, -0.25) is 9.36 Å². The fraction of sp³-hybridized carbons (Fsp3) is 0.185. The summed E-state index contributed by atoms with van der Waals surface area (Å²) in [6, 6.07) is 25.5. The lowest BCUT2D eigenvalue weighted by Gasteiger charge is -2.19. The standard InChI is InChI=1S/C27H26ClN5OS/c1-27(2,3)21-15-13-19(14-16-21)25-31-32-26(33(25)22-10-5-4-6-11-22)35-18-24(34)30-29-17-20-9-7-8-12-23(20)28/h4-17H,18H2,1-3H3,(H,30,34)/b29-17+. The summed E-state index contributed by atoms with van der Waals surface area (Å²) in [4.78, 5) is 12.4. The molecule has 0 saturated carbocycles. The zero-order valence-corrected chi connectivity index (χ0v) is 21.3. The molecule has 4 aromatic rings. The van der Waals surface area contributed by atoms with E-state index in [1.54, 1.807) is 6.07 Å². The van der Waals surface area contributed by atoms with Crippen molar-refractivity contribution in [1.29, 1.82) is 0 Å². The summed E-state index contributed by atoms with van der Waals surface area (Å²) in [5.74, 6) is 0.599. The number of carbonyl (C=O) groups is 1. The molecule has 4 rings (SSSR count). The maximum atomic E-state index is 12.4. The van der Waals surface area contributed by atoms with Crippen molar-refractivity contribution >= 4 is 35.5 Å². The molecule has 8 heteroatoms. The highest BCUT2D eigenvalue weighted by atomic mass is 35.5. The van der Waals surface area contributed by atoms with E-state index < -0.39 is 0 Å². The number of nitrogens with zero attached hydrogens (tertiary/aromatic N) is 4. The van der Waals surface area contributed by atoms with Crippen LogP contribution in [-0.4, -0.2) is 32.6 Å². The van der Waals surface area contributed by atoms with Gasteiger partial charge in [0.1, 0.15) is 0 Å². The Morgan fingerprint density at radius 3 is 2.37 bits per heavy atom. The quantitative estimate of drug-likeness (QED) is 0.187. The van der Waals surface area contributed by atoms with Crippen molar-refractivity contribution in [1.82, 2.24) is 20.2 Å². The summed E-state index contributed by atoms with van der Waals surface area (Å²) < 4.78 is 1.97. The Kier molecular flexibility index (Phi) is 7.68. The summed E-state index contributed by atoms with van der Waals surface area (Å²) in [7, 11) is 0. The predicted molar refractivity (Wildman–Crippen MR) is 143 cm³/mol. The van der Waals surface area contributed by atoms with Gasteiger partial charge < -0.3 is 0 Å². The van der Waals surface area contributed by atoms with E-state index in [1.165, 1.54) is 23.5 Å². The third-order valence-electron chi connectivity index (χ3n) is 5.29. The van der Waals surface area contributed by atoms with Gasteiger partial charge in [-0.1, -0.05) is 105 Å². The number of halogens is 1. The second-order valence-electron chi connectivity index (χ2n) is 8.91. The zero-order valence-electron chi connectivity index (χ0n) is 19.8. The smallest absolute Gasteiger partial charge is 0.250 e. The van der Waals surface area contributed by atoms with E-state index in [-0.39, 0.29) is 17.1 Å². The summed E-state index contributed by atoms with van der Waals surface area (Å²) in [5.41, 5.74) is 6.46. The Morgan fingerprint density at radius 2 is 1.69 bits per heavy atom. The molecule has 0 spiro atoms. The molecule has 1 N–H and O–H groups in total. The molecular formula is C27H26ClN5OS. The Morgan fingerprint density at radius 1 is 1.00 bits per heavy atom. The number of carbonyl (C=O) groups excluding carboxylic acids is 1. The van der Waals surface area contributed by atoms with Gasteiger partial charge in [0.25, 0.3) is 5.91 Å². The number of benzene rings is 3. The van der Waals surface area contributed by atoms with Crippen LogP contribution >= 0.6 is 23.4 Å². The molecule has 0 fully saturated rings. The summed E-state index contributed by atoms with van der Waals surface area (Å²) >= 11 is 7.41. The topological polar surface area (TPSA) is 72.2 Å². The van der Waals surface area contributed by atoms with Gasteiger partial charge in [-0.05, 0) is 29.2 Å². The van der Waals surface area contributed by atoms with E-state index in [9.17, 15) is 4.79 Å². The van der Waals surface area contributed by atoms with Crippen LogP contribution in [0.2, 0.25) is 5.02 Å². The van der Waals surface area contributed by atoms with Crippen LogP contribution in [0.4, 0.5) is 0 Å². The lowest BCUT2D eigenvalue weighted by molar-refractivity contribution is -0.118. The second-order valence-corrected chi connectivity index (χ2v) is 10.3. The van der Waals surface area contributed by atoms with E-state index in [2.05, 4.69) is 65.8 Å². The van der Waals surface area contributed by atoms with E-state index in [0.717, 1.165) is 22.6 Å². The normalized spacial score (nSPS) is 11.7. The number of rotatable bonds is 7. The predicted octanol–water partition coefficient (Wildman–Crippen LogP) is 6.13. The van der Waals surface area contributed by atoms with Crippen LogP contribution in [-0.2, 0) is 10.2 Å². The number of hydrazone groups is 1. The van der Waals surface area contributed by atoms with Gasteiger partial charge in [0.2, 0.25) is 0 Å². The van der Waals surface area contributed by atoms with Gasteiger partial charge in [0.15, 0.2) is 11.0 Å². The molecular weight excluding hydrogens is 478 g/mol. The van der Waals surface area contributed by atoms with E-state index in [0.29, 0.717) is 10.2 Å². The molecule has 178 valence electrons. The summed E-state index contributed by atoms with van der Waals surface area (Å²) in [5, 5.41) is 14.1. The van der Waals surface area contributed by atoms with Gasteiger partial charge >= 0.3 is 0 Å². The molecule has 1 aromatic heterocycles. The van der Waals surface area contributed by atoms with Crippen molar-refractivity contribution in [3.8, 4) is 17.1 Å². The first kappa shape index (κ1) is 24.7. The number of amides is 1. The van der Waals surface area contributed by atoms with Gasteiger partial charge in [0, 0.05) is 21.8 Å². The van der Waals surface area contributed by atoms with Crippen molar-refractivity contribution in [2.45, 2.75) is 31.3 Å². The molecule has 0 unspecified atom stereocenters. The zero-order chi connectivity index (χ0) is 24.8. The Labute approximate surface area is 214 Å². The van der Waals surface area contributed by atoms with Crippen LogP contribution < -0.4 is 5.43 Å². The molecule has 0 bridgehead atoms. The molecule has 35 heavy (non-hydrogen) atoms. The molecule has 6 nitrogen and oxygen atoms in total. The highest BCUT2D eigenvalue weighted by molar-refractivity contribution is 7.99. The highest BCUT2D eigenvalue weighted by Crippen LogP contribution is 2.30. The maximum Gasteiger partial charge on any atom is 0.250 e. The Hall–Kier alpha value is -3.42.